The van der Waals surface area contributed by atoms with E-state index < -0.39 is 28.2 Å². The number of benzene rings is 1. The van der Waals surface area contributed by atoms with E-state index in [0.717, 1.165) is 65.6 Å². The second-order valence-corrected chi connectivity index (χ2v) is 9.06. The van der Waals surface area contributed by atoms with Crippen LogP contribution in [0.5, 0.6) is 0 Å². The molecule has 150 valence electrons. The molecule has 1 saturated heterocycles. The van der Waals surface area contributed by atoms with Crippen LogP contribution in [0.4, 0.5) is 15.3 Å². The van der Waals surface area contributed by atoms with Crippen LogP contribution in [0.25, 0.3) is 0 Å². The number of carboxylic acid groups (broad SMARTS) is 1. The van der Waals surface area contributed by atoms with E-state index in [-0.39, 0.29) is 0 Å². The van der Waals surface area contributed by atoms with E-state index in [1.807, 2.05) is 4.72 Å². The van der Waals surface area contributed by atoms with Crippen molar-refractivity contribution in [3.63, 3.8) is 0 Å². The first-order valence-corrected chi connectivity index (χ1v) is 11.1. The number of amides is 3. The molecular weight excluding hydrogens is 382 g/mol. The summed E-state index contributed by atoms with van der Waals surface area (Å²) in [6.45, 7) is 0.378. The minimum Gasteiger partial charge on any atom is -0.465 e. The van der Waals surface area contributed by atoms with E-state index in [0.29, 0.717) is 13.0 Å². The van der Waals surface area contributed by atoms with Crippen LogP contribution in [0.3, 0.4) is 0 Å². The van der Waals surface area contributed by atoms with Crippen LogP contribution in [0, 0.1) is 0 Å². The van der Waals surface area contributed by atoms with Crippen molar-refractivity contribution in [2.24, 2.45) is 0 Å². The fourth-order valence-electron chi connectivity index (χ4n) is 4.31. The van der Waals surface area contributed by atoms with Crippen molar-refractivity contribution >= 4 is 27.8 Å². The number of aryl methyl sites for hydroxylation is 2. The molecular formula is C19H23N3O5S. The largest absolute Gasteiger partial charge is 0.465 e. The Hall–Kier alpha value is -2.55. The van der Waals surface area contributed by atoms with Gasteiger partial charge in [0.15, 0.2) is 0 Å². The number of likely N-dealkylation sites (tertiary alicyclic amines) is 1. The highest BCUT2D eigenvalue weighted by Gasteiger charge is 2.30. The van der Waals surface area contributed by atoms with Crippen molar-refractivity contribution in [1.82, 2.24) is 9.62 Å². The van der Waals surface area contributed by atoms with Crippen molar-refractivity contribution in [2.75, 3.05) is 11.9 Å². The minimum atomic E-state index is -4.01. The molecule has 0 bridgehead atoms. The van der Waals surface area contributed by atoms with Gasteiger partial charge in [-0.15, -0.1) is 0 Å². The Morgan fingerprint density at radius 1 is 1.11 bits per heavy atom. The predicted octanol–water partition coefficient (Wildman–Crippen LogP) is 2.38. The average Bonchev–Trinajstić information content (AvgIpc) is 3.21. The van der Waals surface area contributed by atoms with Gasteiger partial charge in [-0.2, -0.15) is 0 Å². The maximum atomic E-state index is 12.4. The lowest BCUT2D eigenvalue weighted by Crippen LogP contribution is -2.49. The quantitative estimate of drug-likeness (QED) is 0.711. The number of rotatable bonds is 4. The average molecular weight is 405 g/mol. The van der Waals surface area contributed by atoms with Gasteiger partial charge < -0.3 is 15.3 Å². The fourth-order valence-corrected chi connectivity index (χ4v) is 5.07. The molecule has 1 aromatic rings. The van der Waals surface area contributed by atoms with Gasteiger partial charge in [-0.05, 0) is 73.3 Å². The van der Waals surface area contributed by atoms with Crippen molar-refractivity contribution in [1.29, 1.82) is 0 Å². The summed E-state index contributed by atoms with van der Waals surface area (Å²) in [5.74, 6) is 0. The molecule has 4 rings (SSSR count). The summed E-state index contributed by atoms with van der Waals surface area (Å²) in [5.41, 5.74) is 5.51. The summed E-state index contributed by atoms with van der Waals surface area (Å²) in [6.07, 6.45) is 6.60. The van der Waals surface area contributed by atoms with Crippen LogP contribution in [0.2, 0.25) is 0 Å². The van der Waals surface area contributed by atoms with Gasteiger partial charge in [-0.3, -0.25) is 0 Å². The van der Waals surface area contributed by atoms with Crippen molar-refractivity contribution < 1.29 is 23.1 Å². The highest BCUT2D eigenvalue weighted by Crippen LogP contribution is 2.38. The topological polar surface area (TPSA) is 116 Å². The third kappa shape index (κ3) is 3.58. The molecule has 3 amide bonds. The van der Waals surface area contributed by atoms with Crippen molar-refractivity contribution in [3.05, 3.63) is 39.8 Å². The Bertz CT molecular complexity index is 938. The molecule has 0 spiro atoms. The Balaban J connectivity index is 1.46. The zero-order chi connectivity index (χ0) is 19.9. The number of hydrogen-bond donors (Lipinski definition) is 3. The van der Waals surface area contributed by atoms with E-state index in [2.05, 4.69) is 11.4 Å². The molecule has 0 aromatic heterocycles. The molecule has 1 aliphatic heterocycles. The van der Waals surface area contributed by atoms with Gasteiger partial charge in [0.05, 0.1) is 6.04 Å². The summed E-state index contributed by atoms with van der Waals surface area (Å²) >= 11 is 0. The number of nitrogens with one attached hydrogen (secondary N) is 2. The number of carbonyl (C=O) groups excluding carboxylic acids is 1. The first-order valence-electron chi connectivity index (χ1n) is 9.52. The summed E-state index contributed by atoms with van der Waals surface area (Å²) in [7, 11) is -4.01. The number of hydrogen-bond acceptors (Lipinski definition) is 4. The third-order valence-electron chi connectivity index (χ3n) is 5.74. The zero-order valence-corrected chi connectivity index (χ0v) is 16.2. The van der Waals surface area contributed by atoms with E-state index in [1.165, 1.54) is 17.2 Å². The number of anilines is 1. The van der Waals surface area contributed by atoms with E-state index in [1.54, 1.807) is 0 Å². The number of urea groups is 1. The molecule has 2 aliphatic carbocycles. The summed E-state index contributed by atoms with van der Waals surface area (Å²) in [5, 5.41) is 12.6. The van der Waals surface area contributed by atoms with Gasteiger partial charge in [0, 0.05) is 17.6 Å². The standard InChI is InChI=1S/C19H23N3O5S/c23-18(21-28(26,27)10-8-14-7-9-22(14)19(24)25)20-17-15-5-1-3-12(15)11-13-4-2-6-16(13)17/h8,10-11,14H,1-7,9H2,(H,24,25)(H2,20,21,23)/b10-8+. The molecule has 0 radical (unpaired) electrons. The molecule has 0 saturated carbocycles. The molecule has 9 heteroatoms. The van der Waals surface area contributed by atoms with Crippen LogP contribution in [0.1, 0.15) is 41.5 Å². The second kappa shape index (κ2) is 7.12. The highest BCUT2D eigenvalue weighted by atomic mass is 32.2. The first-order chi connectivity index (χ1) is 13.3. The summed E-state index contributed by atoms with van der Waals surface area (Å²) < 4.78 is 26.4. The second-order valence-electron chi connectivity index (χ2n) is 7.50. The monoisotopic (exact) mass is 405 g/mol. The molecule has 1 heterocycles. The number of fused-ring (bicyclic) bond motifs is 2. The molecule has 28 heavy (non-hydrogen) atoms. The number of sulfonamides is 1. The van der Waals surface area contributed by atoms with Crippen molar-refractivity contribution in [2.45, 2.75) is 51.0 Å². The Kier molecular flexibility index (Phi) is 4.78. The van der Waals surface area contributed by atoms with E-state index in [4.69, 9.17) is 5.11 Å². The minimum absolute atomic E-state index is 0.378. The Morgan fingerprint density at radius 2 is 1.75 bits per heavy atom. The van der Waals surface area contributed by atoms with E-state index in [9.17, 15) is 18.0 Å². The van der Waals surface area contributed by atoms with Gasteiger partial charge in [0.25, 0.3) is 10.0 Å². The SMILES string of the molecule is O=C(Nc1c2c(cc3c1CCC3)CCC2)NS(=O)(=O)/C=C/C1CCN1C(=O)O. The van der Waals surface area contributed by atoms with Crippen LogP contribution in [-0.2, 0) is 35.7 Å². The fraction of sp³-hybridized carbons (Fsp3) is 0.474. The lowest BCUT2D eigenvalue weighted by Gasteiger charge is -2.36. The predicted molar refractivity (Wildman–Crippen MR) is 104 cm³/mol. The van der Waals surface area contributed by atoms with Crippen molar-refractivity contribution in [3.8, 4) is 0 Å². The normalized spacial score (nSPS) is 20.6. The first kappa shape index (κ1) is 18.8. The Labute approximate surface area is 163 Å². The van der Waals surface area contributed by atoms with Gasteiger partial charge in [-0.1, -0.05) is 6.07 Å². The van der Waals surface area contributed by atoms with Gasteiger partial charge >= 0.3 is 12.1 Å². The highest BCUT2D eigenvalue weighted by molar-refractivity contribution is 7.92. The molecule has 3 aliphatic rings. The zero-order valence-electron chi connectivity index (χ0n) is 15.4. The summed E-state index contributed by atoms with van der Waals surface area (Å²) in [4.78, 5) is 24.5. The maximum Gasteiger partial charge on any atom is 0.407 e. The maximum absolute atomic E-state index is 12.4. The van der Waals surface area contributed by atoms with Crippen LogP contribution in [0.15, 0.2) is 17.6 Å². The van der Waals surface area contributed by atoms with Gasteiger partial charge in [0.2, 0.25) is 0 Å². The molecule has 8 nitrogen and oxygen atoms in total. The molecule has 1 fully saturated rings. The summed E-state index contributed by atoms with van der Waals surface area (Å²) in [6, 6.07) is 0.973. The number of carbonyl (C=O) groups is 2. The molecule has 3 N–H and O–H groups in total. The van der Waals surface area contributed by atoms with Crippen LogP contribution < -0.4 is 10.0 Å². The molecule has 1 atom stereocenters. The molecule has 1 aromatic carbocycles. The molecule has 1 unspecified atom stereocenters. The van der Waals surface area contributed by atoms with E-state index >= 15 is 0 Å². The lowest BCUT2D eigenvalue weighted by molar-refractivity contribution is 0.0942. The van der Waals surface area contributed by atoms with Crippen LogP contribution in [-0.4, -0.2) is 43.1 Å². The number of nitrogens with zero attached hydrogens (tertiary/aromatic N) is 1. The van der Waals surface area contributed by atoms with Gasteiger partial charge in [0.1, 0.15) is 0 Å². The Morgan fingerprint density at radius 3 is 2.29 bits per heavy atom. The van der Waals surface area contributed by atoms with Gasteiger partial charge in [-0.25, -0.2) is 22.7 Å². The third-order valence-corrected chi connectivity index (χ3v) is 6.72. The lowest BCUT2D eigenvalue weighted by atomic mass is 9.99. The van der Waals surface area contributed by atoms with Crippen LogP contribution >= 0.6 is 0 Å². The smallest absolute Gasteiger partial charge is 0.407 e.